The third kappa shape index (κ3) is 3.32. The molecule has 24 heavy (non-hydrogen) atoms. The Hall–Kier alpha value is -1.85. The van der Waals surface area contributed by atoms with Crippen molar-refractivity contribution in [2.45, 2.75) is 13.0 Å². The lowest BCUT2D eigenvalue weighted by atomic mass is 9.94. The predicted octanol–water partition coefficient (Wildman–Crippen LogP) is 4.73. The maximum absolute atomic E-state index is 11.9. The van der Waals surface area contributed by atoms with E-state index in [0.29, 0.717) is 5.02 Å². The number of amidine groups is 1. The highest BCUT2D eigenvalue weighted by atomic mass is 79.9. The topological polar surface area (TPSA) is 41.9 Å². The molecule has 0 radical (unpaired) electrons. The Morgan fingerprint density at radius 3 is 2.83 bits per heavy atom. The Labute approximate surface area is 154 Å². The molecule has 0 spiro atoms. The number of rotatable bonds is 3. The quantitative estimate of drug-likeness (QED) is 0.691. The van der Waals surface area contributed by atoms with E-state index in [1.54, 1.807) is 0 Å². The van der Waals surface area contributed by atoms with Crippen LogP contribution in [0.1, 0.15) is 24.1 Å². The van der Waals surface area contributed by atoms with Gasteiger partial charge in [0.25, 0.3) is 0 Å². The van der Waals surface area contributed by atoms with Gasteiger partial charge in [0.05, 0.1) is 18.8 Å². The van der Waals surface area contributed by atoms with Crippen molar-refractivity contribution in [3.8, 4) is 0 Å². The highest BCUT2D eigenvalue weighted by Crippen LogP contribution is 2.40. The number of halogens is 2. The molecule has 0 N–H and O–H groups in total. The molecule has 0 saturated carbocycles. The number of ether oxygens (including phenoxy) is 1. The van der Waals surface area contributed by atoms with Crippen LogP contribution in [0.25, 0.3) is 0 Å². The summed E-state index contributed by atoms with van der Waals surface area (Å²) in [7, 11) is 1.39. The van der Waals surface area contributed by atoms with Gasteiger partial charge < -0.3 is 9.64 Å². The van der Waals surface area contributed by atoms with Gasteiger partial charge >= 0.3 is 5.97 Å². The van der Waals surface area contributed by atoms with Crippen molar-refractivity contribution in [1.29, 1.82) is 0 Å². The van der Waals surface area contributed by atoms with Crippen LogP contribution in [0.15, 0.2) is 51.9 Å². The van der Waals surface area contributed by atoms with Gasteiger partial charge in [0.1, 0.15) is 12.4 Å². The van der Waals surface area contributed by atoms with Crippen LogP contribution in [0, 0.1) is 0 Å². The van der Waals surface area contributed by atoms with Crippen LogP contribution in [0.4, 0.5) is 5.69 Å². The summed E-state index contributed by atoms with van der Waals surface area (Å²) in [5.74, 6) is 0.454. The van der Waals surface area contributed by atoms with Crippen molar-refractivity contribution >= 4 is 45.0 Å². The molecule has 3 rings (SSSR count). The summed E-state index contributed by atoms with van der Waals surface area (Å²) < 4.78 is 5.81. The Morgan fingerprint density at radius 2 is 2.12 bits per heavy atom. The first-order valence-corrected chi connectivity index (χ1v) is 8.60. The predicted molar refractivity (Wildman–Crippen MR) is 98.9 cm³/mol. The fraction of sp³-hybridized carbons (Fsp3) is 0.222. The third-order valence-corrected chi connectivity index (χ3v) is 4.71. The van der Waals surface area contributed by atoms with Gasteiger partial charge in [0.2, 0.25) is 0 Å². The molecule has 6 heteroatoms. The van der Waals surface area contributed by atoms with Gasteiger partial charge in [-0.2, -0.15) is 0 Å². The van der Waals surface area contributed by atoms with E-state index in [2.05, 4.69) is 20.9 Å². The lowest BCUT2D eigenvalue weighted by molar-refractivity contribution is -0.141. The number of carbonyl (C=O) groups is 1. The zero-order chi connectivity index (χ0) is 17.3. The van der Waals surface area contributed by atoms with Crippen LogP contribution in [0.5, 0.6) is 0 Å². The highest BCUT2D eigenvalue weighted by molar-refractivity contribution is 9.10. The molecule has 0 aliphatic carbocycles. The second kappa shape index (κ2) is 6.95. The average Bonchev–Trinajstić information content (AvgIpc) is 2.55. The Morgan fingerprint density at radius 1 is 1.33 bits per heavy atom. The monoisotopic (exact) mass is 406 g/mol. The minimum absolute atomic E-state index is 0.120. The normalized spacial score (nSPS) is 16.4. The molecule has 1 atom stereocenters. The zero-order valence-electron chi connectivity index (χ0n) is 13.3. The molecule has 0 saturated heterocycles. The van der Waals surface area contributed by atoms with Gasteiger partial charge in [-0.3, -0.25) is 4.79 Å². The second-order valence-corrected chi connectivity index (χ2v) is 6.88. The standard InChI is InChI=1S/C18H16BrClN2O2/c1-11-21-16-7-6-13(19)9-15(16)18(22(11)10-17(23)24-2)12-4-3-5-14(20)8-12/h3-9,18H,10H2,1-2H3/t18-/m1/s1. The summed E-state index contributed by atoms with van der Waals surface area (Å²) in [5, 5.41) is 0.655. The van der Waals surface area contributed by atoms with Gasteiger partial charge in [0.15, 0.2) is 0 Å². The summed E-state index contributed by atoms with van der Waals surface area (Å²) >= 11 is 9.71. The van der Waals surface area contributed by atoms with E-state index in [9.17, 15) is 4.79 Å². The molecular formula is C18H16BrClN2O2. The third-order valence-electron chi connectivity index (χ3n) is 3.99. The summed E-state index contributed by atoms with van der Waals surface area (Å²) in [6, 6.07) is 13.5. The van der Waals surface area contributed by atoms with Crippen molar-refractivity contribution in [3.05, 3.63) is 63.1 Å². The Kier molecular flexibility index (Phi) is 4.92. The first kappa shape index (κ1) is 17.0. The fourth-order valence-corrected chi connectivity index (χ4v) is 3.46. The number of aliphatic imine (C=N–C) groups is 1. The van der Waals surface area contributed by atoms with Gasteiger partial charge in [-0.05, 0) is 42.8 Å². The molecule has 2 aromatic carbocycles. The molecule has 0 aromatic heterocycles. The number of carbonyl (C=O) groups excluding carboxylic acids is 1. The van der Waals surface area contributed by atoms with Crippen LogP contribution < -0.4 is 0 Å². The van der Waals surface area contributed by atoms with Crippen LogP contribution >= 0.6 is 27.5 Å². The van der Waals surface area contributed by atoms with Gasteiger partial charge in [-0.25, -0.2) is 4.99 Å². The maximum atomic E-state index is 11.9. The Balaban J connectivity index is 2.16. The van der Waals surface area contributed by atoms with Crippen LogP contribution in [-0.4, -0.2) is 30.4 Å². The number of hydrogen-bond donors (Lipinski definition) is 0. The molecular weight excluding hydrogens is 392 g/mol. The Bertz CT molecular complexity index is 822. The molecule has 0 unspecified atom stereocenters. The molecule has 0 amide bonds. The lowest BCUT2D eigenvalue weighted by Gasteiger charge is -2.37. The zero-order valence-corrected chi connectivity index (χ0v) is 15.6. The fourth-order valence-electron chi connectivity index (χ4n) is 2.88. The molecule has 1 heterocycles. The summed E-state index contributed by atoms with van der Waals surface area (Å²) in [4.78, 5) is 18.5. The van der Waals surface area contributed by atoms with E-state index in [0.717, 1.165) is 27.1 Å². The van der Waals surface area contributed by atoms with Crippen LogP contribution in [0.3, 0.4) is 0 Å². The van der Waals surface area contributed by atoms with E-state index in [-0.39, 0.29) is 18.6 Å². The summed E-state index contributed by atoms with van der Waals surface area (Å²) in [5.41, 5.74) is 2.91. The smallest absolute Gasteiger partial charge is 0.325 e. The van der Waals surface area contributed by atoms with Gasteiger partial charge in [-0.15, -0.1) is 0 Å². The number of hydrogen-bond acceptors (Lipinski definition) is 4. The van der Waals surface area contributed by atoms with Crippen molar-refractivity contribution in [2.24, 2.45) is 4.99 Å². The molecule has 2 aromatic rings. The van der Waals surface area contributed by atoms with E-state index in [1.807, 2.05) is 54.3 Å². The van der Waals surface area contributed by atoms with Crippen LogP contribution in [0.2, 0.25) is 5.02 Å². The second-order valence-electron chi connectivity index (χ2n) is 5.52. The lowest BCUT2D eigenvalue weighted by Crippen LogP contribution is -2.40. The molecule has 1 aliphatic rings. The van der Waals surface area contributed by atoms with Crippen molar-refractivity contribution in [3.63, 3.8) is 0 Å². The number of fused-ring (bicyclic) bond motifs is 1. The summed E-state index contributed by atoms with van der Waals surface area (Å²) in [6.45, 7) is 2.01. The van der Waals surface area contributed by atoms with Crippen LogP contribution in [-0.2, 0) is 9.53 Å². The first-order valence-electron chi connectivity index (χ1n) is 7.43. The van der Waals surface area contributed by atoms with E-state index >= 15 is 0 Å². The molecule has 0 fully saturated rings. The van der Waals surface area contributed by atoms with Crippen molar-refractivity contribution in [2.75, 3.05) is 13.7 Å². The van der Waals surface area contributed by atoms with Crippen molar-refractivity contribution < 1.29 is 9.53 Å². The minimum Gasteiger partial charge on any atom is -0.468 e. The largest absolute Gasteiger partial charge is 0.468 e. The molecule has 1 aliphatic heterocycles. The SMILES string of the molecule is COC(=O)CN1C(C)=Nc2ccc(Br)cc2[C@H]1c1cccc(Cl)c1. The maximum Gasteiger partial charge on any atom is 0.325 e. The number of methoxy groups -OCH3 is 1. The van der Waals surface area contributed by atoms with E-state index < -0.39 is 0 Å². The summed E-state index contributed by atoms with van der Waals surface area (Å²) in [6.07, 6.45) is 0. The molecule has 4 nitrogen and oxygen atoms in total. The average molecular weight is 408 g/mol. The number of esters is 1. The van der Waals surface area contributed by atoms with Crippen molar-refractivity contribution in [1.82, 2.24) is 4.90 Å². The molecule has 0 bridgehead atoms. The van der Waals surface area contributed by atoms with E-state index in [4.69, 9.17) is 16.3 Å². The number of nitrogens with zero attached hydrogens (tertiary/aromatic N) is 2. The minimum atomic E-state index is -0.310. The molecule has 124 valence electrons. The first-order chi connectivity index (χ1) is 11.5. The highest BCUT2D eigenvalue weighted by Gasteiger charge is 2.31. The van der Waals surface area contributed by atoms with Gasteiger partial charge in [-0.1, -0.05) is 39.7 Å². The van der Waals surface area contributed by atoms with Gasteiger partial charge in [0, 0.05) is 15.1 Å². The van der Waals surface area contributed by atoms with E-state index in [1.165, 1.54) is 7.11 Å². The number of benzene rings is 2.